The number of nitrogens with one attached hydrogen (secondary N) is 1. The van der Waals surface area contributed by atoms with Crippen LogP contribution >= 0.6 is 0 Å². The van der Waals surface area contributed by atoms with E-state index >= 15 is 0 Å². The number of rotatable bonds is 9. The van der Waals surface area contributed by atoms with Crippen molar-refractivity contribution in [2.24, 2.45) is 0 Å². The van der Waals surface area contributed by atoms with Crippen LogP contribution < -0.4 is 5.32 Å². The van der Waals surface area contributed by atoms with Gasteiger partial charge < -0.3 is 5.32 Å². The van der Waals surface area contributed by atoms with Gasteiger partial charge in [-0.2, -0.15) is 0 Å². The van der Waals surface area contributed by atoms with Crippen LogP contribution in [0.25, 0.3) is 33.9 Å². The second-order valence-corrected chi connectivity index (χ2v) is 9.47. The van der Waals surface area contributed by atoms with E-state index in [0.29, 0.717) is 0 Å². The van der Waals surface area contributed by atoms with Crippen LogP contribution in [0.15, 0.2) is 140 Å². The van der Waals surface area contributed by atoms with E-state index in [4.69, 9.17) is 0 Å². The van der Waals surface area contributed by atoms with E-state index in [-0.39, 0.29) is 0 Å². The molecule has 1 nitrogen and oxygen atoms in total. The Hall–Kier alpha value is -4.62. The van der Waals surface area contributed by atoms with Gasteiger partial charge in [-0.1, -0.05) is 141 Å². The topological polar surface area (TPSA) is 12.0 Å². The number of hydrogen-bond donors (Lipinski definition) is 1. The highest BCUT2D eigenvalue weighted by molar-refractivity contribution is 5.88. The summed E-state index contributed by atoms with van der Waals surface area (Å²) in [5, 5.41) is 3.67. The van der Waals surface area contributed by atoms with E-state index in [0.717, 1.165) is 35.4 Å². The minimum atomic E-state index is 0.774. The normalized spacial score (nSPS) is 11.0. The van der Waals surface area contributed by atoms with Crippen LogP contribution in [0.1, 0.15) is 29.2 Å². The first-order valence-corrected chi connectivity index (χ1v) is 13.2. The molecular weight excluding hydrogens is 458 g/mol. The van der Waals surface area contributed by atoms with Crippen molar-refractivity contribution in [2.75, 3.05) is 5.32 Å². The van der Waals surface area contributed by atoms with Gasteiger partial charge in [-0.25, -0.2) is 0 Å². The van der Waals surface area contributed by atoms with Gasteiger partial charge in [0.25, 0.3) is 0 Å². The summed E-state index contributed by atoms with van der Waals surface area (Å²) in [7, 11) is 0. The number of hydrogen-bond acceptors (Lipinski definition) is 1. The number of para-hydroxylation sites is 1. The van der Waals surface area contributed by atoms with Gasteiger partial charge >= 0.3 is 0 Å². The van der Waals surface area contributed by atoms with E-state index in [1.54, 1.807) is 0 Å². The monoisotopic (exact) mass is 491 g/mol. The second-order valence-electron chi connectivity index (χ2n) is 9.47. The number of allylic oxidation sites excluding steroid dienone is 2. The van der Waals surface area contributed by atoms with Gasteiger partial charge in [-0.3, -0.25) is 0 Å². The molecule has 186 valence electrons. The van der Waals surface area contributed by atoms with Gasteiger partial charge in [0, 0.05) is 17.8 Å². The van der Waals surface area contributed by atoms with Crippen molar-refractivity contribution >= 4 is 17.3 Å². The Kier molecular flexibility index (Phi) is 7.96. The number of benzene rings is 5. The Balaban J connectivity index is 1.55. The fourth-order valence-corrected chi connectivity index (χ4v) is 4.70. The molecule has 0 spiro atoms. The van der Waals surface area contributed by atoms with Crippen LogP contribution in [-0.4, -0.2) is 0 Å². The molecule has 38 heavy (non-hydrogen) atoms. The van der Waals surface area contributed by atoms with Crippen molar-refractivity contribution < 1.29 is 0 Å². The third-order valence-corrected chi connectivity index (χ3v) is 6.87. The molecule has 0 unspecified atom stereocenters. The lowest BCUT2D eigenvalue weighted by Crippen LogP contribution is -2.01. The van der Waals surface area contributed by atoms with E-state index in [1.165, 1.54) is 33.4 Å². The maximum atomic E-state index is 4.33. The highest BCUT2D eigenvalue weighted by Crippen LogP contribution is 2.35. The zero-order valence-corrected chi connectivity index (χ0v) is 21.9. The lowest BCUT2D eigenvalue weighted by atomic mass is 9.92. The summed E-state index contributed by atoms with van der Waals surface area (Å²) >= 11 is 0. The fourth-order valence-electron chi connectivity index (χ4n) is 4.70. The highest BCUT2D eigenvalue weighted by atomic mass is 14.9. The third-order valence-electron chi connectivity index (χ3n) is 6.87. The quantitative estimate of drug-likeness (QED) is 0.202. The van der Waals surface area contributed by atoms with Crippen LogP contribution in [0.3, 0.4) is 0 Å². The second kappa shape index (κ2) is 12.1. The van der Waals surface area contributed by atoms with E-state index < -0.39 is 0 Å². The van der Waals surface area contributed by atoms with Gasteiger partial charge in [-0.05, 0) is 63.1 Å². The molecule has 0 bridgehead atoms. The average molecular weight is 492 g/mol. The number of anilines is 1. The summed E-state index contributed by atoms with van der Waals surface area (Å²) in [5.74, 6) is 0. The summed E-state index contributed by atoms with van der Waals surface area (Å²) in [6, 6.07) is 45.0. The summed E-state index contributed by atoms with van der Waals surface area (Å²) in [4.78, 5) is 0. The van der Waals surface area contributed by atoms with Gasteiger partial charge in [-0.15, -0.1) is 0 Å². The summed E-state index contributed by atoms with van der Waals surface area (Å²) in [5.41, 5.74) is 11.8. The summed E-state index contributed by atoms with van der Waals surface area (Å²) in [6.45, 7) is 7.30. The van der Waals surface area contributed by atoms with Gasteiger partial charge in [0.05, 0.1) is 0 Å². The Morgan fingerprint density at radius 2 is 1.34 bits per heavy atom. The maximum absolute atomic E-state index is 4.33. The molecule has 5 aromatic rings. The van der Waals surface area contributed by atoms with E-state index in [2.05, 4.69) is 152 Å². The van der Waals surface area contributed by atoms with Crippen LogP contribution in [0, 0.1) is 0 Å². The third kappa shape index (κ3) is 6.02. The van der Waals surface area contributed by atoms with E-state index in [1.807, 2.05) is 6.07 Å². The fraction of sp³-hybridized carbons (Fsp3) is 0.0811. The van der Waals surface area contributed by atoms with E-state index in [9.17, 15) is 0 Å². The first-order chi connectivity index (χ1) is 18.7. The predicted octanol–water partition coefficient (Wildman–Crippen LogP) is 9.92. The minimum absolute atomic E-state index is 0.774. The predicted molar refractivity (Wildman–Crippen MR) is 165 cm³/mol. The molecule has 1 N–H and O–H groups in total. The first kappa shape index (κ1) is 25.0. The Morgan fingerprint density at radius 3 is 2.13 bits per heavy atom. The zero-order valence-electron chi connectivity index (χ0n) is 21.9. The molecule has 0 aliphatic carbocycles. The SMILES string of the molecule is C=C(/C=C\c1cc(-c2cccc(CC)c2)ccc1-c1ccccc1NCc1ccccc1)c1ccccc1. The van der Waals surface area contributed by atoms with Crippen molar-refractivity contribution in [1.29, 1.82) is 0 Å². The Labute approximate surface area is 226 Å². The molecule has 0 radical (unpaired) electrons. The molecule has 0 atom stereocenters. The Bertz CT molecular complexity index is 1540. The molecule has 0 saturated heterocycles. The van der Waals surface area contributed by atoms with Crippen molar-refractivity contribution in [3.05, 3.63) is 162 Å². The molecule has 5 rings (SSSR count). The largest absolute Gasteiger partial charge is 0.380 e. The van der Waals surface area contributed by atoms with Crippen LogP contribution in [0.2, 0.25) is 0 Å². The van der Waals surface area contributed by atoms with Gasteiger partial charge in [0.2, 0.25) is 0 Å². The zero-order chi connectivity index (χ0) is 26.2. The molecule has 1 heteroatoms. The summed E-state index contributed by atoms with van der Waals surface area (Å²) in [6.07, 6.45) is 5.35. The Morgan fingerprint density at radius 1 is 0.658 bits per heavy atom. The first-order valence-electron chi connectivity index (χ1n) is 13.2. The molecule has 0 aliphatic heterocycles. The smallest absolute Gasteiger partial charge is 0.0422 e. The molecule has 0 aromatic heterocycles. The average Bonchev–Trinajstić information content (AvgIpc) is 3.00. The maximum Gasteiger partial charge on any atom is 0.0422 e. The number of aryl methyl sites for hydroxylation is 1. The minimum Gasteiger partial charge on any atom is -0.380 e. The molecule has 5 aromatic carbocycles. The van der Waals surface area contributed by atoms with Crippen LogP contribution in [-0.2, 0) is 13.0 Å². The molecule has 0 fully saturated rings. The molecule has 0 amide bonds. The summed E-state index contributed by atoms with van der Waals surface area (Å²) < 4.78 is 0. The van der Waals surface area contributed by atoms with Gasteiger partial charge in [0.15, 0.2) is 0 Å². The van der Waals surface area contributed by atoms with Gasteiger partial charge in [0.1, 0.15) is 0 Å². The van der Waals surface area contributed by atoms with Crippen molar-refractivity contribution in [1.82, 2.24) is 0 Å². The molecule has 0 aliphatic rings. The van der Waals surface area contributed by atoms with Crippen molar-refractivity contribution in [3.63, 3.8) is 0 Å². The lowest BCUT2D eigenvalue weighted by Gasteiger charge is -2.16. The standard InChI is InChI=1S/C37H33N/c1-3-29-15-12-18-32(25-29)33-23-24-35(34(26-33)22-21-28(2)31-16-8-5-9-17-31)36-19-10-11-20-37(36)38-27-30-13-6-4-7-14-30/h4-26,38H,2-3,27H2,1H3/b22-21-. The highest BCUT2D eigenvalue weighted by Gasteiger charge is 2.11. The van der Waals surface area contributed by atoms with Crippen LogP contribution in [0.5, 0.6) is 0 Å². The molecule has 0 saturated carbocycles. The van der Waals surface area contributed by atoms with Crippen molar-refractivity contribution in [3.8, 4) is 22.3 Å². The molecular formula is C37H33N. The van der Waals surface area contributed by atoms with Crippen LogP contribution in [0.4, 0.5) is 5.69 Å². The van der Waals surface area contributed by atoms with Crippen molar-refractivity contribution in [2.45, 2.75) is 19.9 Å². The lowest BCUT2D eigenvalue weighted by molar-refractivity contribution is 1.14. The molecule has 0 heterocycles.